The molecule has 1 aromatic carbocycles. The fraction of sp³-hybridized carbons (Fsp3) is 0.533. The third-order valence-electron chi connectivity index (χ3n) is 3.88. The highest BCUT2D eigenvalue weighted by Crippen LogP contribution is 2.30. The number of benzene rings is 1. The van der Waals surface area contributed by atoms with Crippen molar-refractivity contribution in [1.82, 2.24) is 0 Å². The summed E-state index contributed by atoms with van der Waals surface area (Å²) in [4.78, 5) is 11.9. The van der Waals surface area contributed by atoms with E-state index in [4.69, 9.17) is 0 Å². The van der Waals surface area contributed by atoms with Crippen LogP contribution in [0.4, 0.5) is 0 Å². The van der Waals surface area contributed by atoms with Gasteiger partial charge in [-0.15, -0.1) is 0 Å². The Kier molecular flexibility index (Phi) is 3.42. The zero-order chi connectivity index (χ0) is 11.5. The Hall–Kier alpha value is -1.11. The van der Waals surface area contributed by atoms with Gasteiger partial charge in [0.2, 0.25) is 0 Å². The van der Waals surface area contributed by atoms with E-state index in [1.54, 1.807) is 0 Å². The summed E-state index contributed by atoms with van der Waals surface area (Å²) in [5.74, 6) is 1.29. The smallest absolute Gasteiger partial charge is 0.136 e. The average Bonchev–Trinajstić information content (AvgIpc) is 2.26. The molecule has 1 aliphatic rings. The summed E-state index contributed by atoms with van der Waals surface area (Å²) in [5, 5.41) is 0. The second kappa shape index (κ2) is 4.82. The van der Waals surface area contributed by atoms with E-state index in [-0.39, 0.29) is 5.92 Å². The lowest BCUT2D eigenvalue weighted by Gasteiger charge is -2.27. The predicted octanol–water partition coefficient (Wildman–Crippen LogP) is 3.54. The molecular formula is C15H20O. The van der Waals surface area contributed by atoms with Gasteiger partial charge >= 0.3 is 0 Å². The van der Waals surface area contributed by atoms with E-state index in [0.29, 0.717) is 11.7 Å². The fourth-order valence-corrected chi connectivity index (χ4v) is 2.69. The van der Waals surface area contributed by atoms with Crippen molar-refractivity contribution in [3.05, 3.63) is 35.4 Å². The molecule has 16 heavy (non-hydrogen) atoms. The summed E-state index contributed by atoms with van der Waals surface area (Å²) in [7, 11) is 0. The van der Waals surface area contributed by atoms with Crippen LogP contribution in [0.1, 0.15) is 37.3 Å². The predicted molar refractivity (Wildman–Crippen MR) is 66.4 cm³/mol. The Bertz CT molecular complexity index is 381. The van der Waals surface area contributed by atoms with Gasteiger partial charge in [-0.2, -0.15) is 0 Å². The van der Waals surface area contributed by atoms with Crippen LogP contribution in [0.25, 0.3) is 0 Å². The molecule has 1 aliphatic carbocycles. The molecule has 1 saturated carbocycles. The van der Waals surface area contributed by atoms with Crippen LogP contribution in [-0.4, -0.2) is 5.78 Å². The van der Waals surface area contributed by atoms with Crippen LogP contribution >= 0.6 is 0 Å². The SMILES string of the molecule is Cc1ccccc1CC1C(=O)CCCC1C. The zero-order valence-corrected chi connectivity index (χ0v) is 10.2. The molecule has 0 heterocycles. The molecule has 0 saturated heterocycles. The standard InChI is InChI=1S/C15H20O/c1-11-6-3-4-8-13(11)10-14-12(2)7-5-9-15(14)16/h3-4,6,8,12,14H,5,7,9-10H2,1-2H3. The average molecular weight is 216 g/mol. The van der Waals surface area contributed by atoms with E-state index < -0.39 is 0 Å². The lowest BCUT2D eigenvalue weighted by Crippen LogP contribution is -2.28. The molecule has 2 atom stereocenters. The topological polar surface area (TPSA) is 17.1 Å². The highest BCUT2D eigenvalue weighted by molar-refractivity contribution is 5.82. The molecule has 1 heteroatoms. The second-order valence-corrected chi connectivity index (χ2v) is 5.07. The summed E-state index contributed by atoms with van der Waals surface area (Å²) in [6, 6.07) is 8.42. The minimum absolute atomic E-state index is 0.259. The van der Waals surface area contributed by atoms with Gasteiger partial charge in [0.05, 0.1) is 0 Å². The summed E-state index contributed by atoms with van der Waals surface area (Å²) in [6.45, 7) is 4.35. The number of carbonyl (C=O) groups is 1. The van der Waals surface area contributed by atoms with Crippen molar-refractivity contribution < 1.29 is 4.79 Å². The minimum Gasteiger partial charge on any atom is -0.299 e. The van der Waals surface area contributed by atoms with Crippen molar-refractivity contribution >= 4 is 5.78 Å². The maximum atomic E-state index is 11.9. The molecule has 0 aromatic heterocycles. The van der Waals surface area contributed by atoms with Crippen LogP contribution in [0.5, 0.6) is 0 Å². The lowest BCUT2D eigenvalue weighted by molar-refractivity contribution is -0.126. The molecule has 86 valence electrons. The number of hydrogen-bond acceptors (Lipinski definition) is 1. The largest absolute Gasteiger partial charge is 0.299 e. The summed E-state index contributed by atoms with van der Waals surface area (Å²) in [6.07, 6.45) is 4.03. The quantitative estimate of drug-likeness (QED) is 0.739. The van der Waals surface area contributed by atoms with E-state index in [9.17, 15) is 4.79 Å². The Morgan fingerprint density at radius 2 is 2.06 bits per heavy atom. The first-order valence-electron chi connectivity index (χ1n) is 6.25. The number of Topliss-reactive ketones (excluding diaryl/α,β-unsaturated/α-hetero) is 1. The third-order valence-corrected chi connectivity index (χ3v) is 3.88. The maximum absolute atomic E-state index is 11.9. The molecule has 0 amide bonds. The Balaban J connectivity index is 2.14. The van der Waals surface area contributed by atoms with Crippen LogP contribution in [0.15, 0.2) is 24.3 Å². The van der Waals surface area contributed by atoms with Crippen LogP contribution in [0.3, 0.4) is 0 Å². The number of ketones is 1. The molecule has 1 nitrogen and oxygen atoms in total. The normalized spacial score (nSPS) is 25.8. The molecular weight excluding hydrogens is 196 g/mol. The lowest BCUT2D eigenvalue weighted by atomic mass is 9.76. The van der Waals surface area contributed by atoms with Gasteiger partial charge in [0.1, 0.15) is 5.78 Å². The molecule has 2 rings (SSSR count). The number of rotatable bonds is 2. The molecule has 0 spiro atoms. The number of aryl methyl sites for hydroxylation is 1. The molecule has 0 N–H and O–H groups in total. The van der Waals surface area contributed by atoms with Gasteiger partial charge in [-0.1, -0.05) is 31.2 Å². The monoisotopic (exact) mass is 216 g/mol. The highest BCUT2D eigenvalue weighted by atomic mass is 16.1. The second-order valence-electron chi connectivity index (χ2n) is 5.07. The summed E-state index contributed by atoms with van der Waals surface area (Å²) in [5.41, 5.74) is 2.66. The van der Waals surface area contributed by atoms with Crippen LogP contribution < -0.4 is 0 Å². The molecule has 0 bridgehead atoms. The molecule has 0 radical (unpaired) electrons. The van der Waals surface area contributed by atoms with Crippen molar-refractivity contribution in [3.8, 4) is 0 Å². The summed E-state index contributed by atoms with van der Waals surface area (Å²) < 4.78 is 0. The first-order chi connectivity index (χ1) is 7.68. The maximum Gasteiger partial charge on any atom is 0.136 e. The molecule has 1 fully saturated rings. The molecule has 2 unspecified atom stereocenters. The van der Waals surface area contributed by atoms with Crippen molar-refractivity contribution in [1.29, 1.82) is 0 Å². The van der Waals surface area contributed by atoms with Gasteiger partial charge in [0.25, 0.3) is 0 Å². The minimum atomic E-state index is 0.259. The Morgan fingerprint density at radius 3 is 2.75 bits per heavy atom. The van der Waals surface area contributed by atoms with Gasteiger partial charge in [-0.25, -0.2) is 0 Å². The zero-order valence-electron chi connectivity index (χ0n) is 10.2. The van der Waals surface area contributed by atoms with Crippen LogP contribution in [0.2, 0.25) is 0 Å². The van der Waals surface area contributed by atoms with Gasteiger partial charge in [-0.05, 0) is 43.2 Å². The summed E-state index contributed by atoms with van der Waals surface area (Å²) >= 11 is 0. The van der Waals surface area contributed by atoms with Crippen molar-refractivity contribution in [3.63, 3.8) is 0 Å². The van der Waals surface area contributed by atoms with Crippen molar-refractivity contribution in [2.45, 2.75) is 39.5 Å². The van der Waals surface area contributed by atoms with Gasteiger partial charge in [0, 0.05) is 12.3 Å². The Labute approximate surface area is 97.9 Å². The van der Waals surface area contributed by atoms with Crippen molar-refractivity contribution in [2.24, 2.45) is 11.8 Å². The van der Waals surface area contributed by atoms with E-state index in [0.717, 1.165) is 19.3 Å². The fourth-order valence-electron chi connectivity index (χ4n) is 2.69. The molecule has 1 aromatic rings. The highest BCUT2D eigenvalue weighted by Gasteiger charge is 2.28. The van der Waals surface area contributed by atoms with E-state index in [1.807, 2.05) is 0 Å². The number of carbonyl (C=O) groups excluding carboxylic acids is 1. The third kappa shape index (κ3) is 2.34. The number of hydrogen-bond donors (Lipinski definition) is 0. The molecule has 0 aliphatic heterocycles. The van der Waals surface area contributed by atoms with Gasteiger partial charge in [-0.3, -0.25) is 4.79 Å². The first kappa shape index (κ1) is 11.4. The van der Waals surface area contributed by atoms with Gasteiger partial charge < -0.3 is 0 Å². The Morgan fingerprint density at radius 1 is 1.31 bits per heavy atom. The van der Waals surface area contributed by atoms with Crippen LogP contribution in [0, 0.1) is 18.8 Å². The van der Waals surface area contributed by atoms with Crippen LogP contribution in [-0.2, 0) is 11.2 Å². The van der Waals surface area contributed by atoms with Gasteiger partial charge in [0.15, 0.2) is 0 Å². The first-order valence-corrected chi connectivity index (χ1v) is 6.25. The van der Waals surface area contributed by atoms with E-state index in [2.05, 4.69) is 38.1 Å². The van der Waals surface area contributed by atoms with Crippen molar-refractivity contribution in [2.75, 3.05) is 0 Å². The van der Waals surface area contributed by atoms with E-state index in [1.165, 1.54) is 17.5 Å². The van der Waals surface area contributed by atoms with E-state index >= 15 is 0 Å².